The van der Waals surface area contributed by atoms with Gasteiger partial charge in [-0.15, -0.1) is 0 Å². The van der Waals surface area contributed by atoms with Crippen LogP contribution in [0.3, 0.4) is 0 Å². The second-order valence-corrected chi connectivity index (χ2v) is 6.11. The fourth-order valence-electron chi connectivity index (χ4n) is 2.32. The lowest BCUT2D eigenvalue weighted by atomic mass is 10.2. The Morgan fingerprint density at radius 1 is 1.28 bits per heavy atom. The van der Waals surface area contributed by atoms with Gasteiger partial charge in [-0.25, -0.2) is 0 Å². The summed E-state index contributed by atoms with van der Waals surface area (Å²) in [4.78, 5) is 26.5. The lowest BCUT2D eigenvalue weighted by molar-refractivity contribution is -0.385. The molecule has 0 atom stereocenters. The molecule has 10 nitrogen and oxygen atoms in total. The van der Waals surface area contributed by atoms with Gasteiger partial charge in [0.2, 0.25) is 17.5 Å². The fraction of sp³-hybridized carbons (Fsp3) is 0.167. The summed E-state index contributed by atoms with van der Waals surface area (Å²) in [5.74, 6) is 0.452. The van der Waals surface area contributed by atoms with Gasteiger partial charge in [-0.05, 0) is 30.3 Å². The number of hydrogen-bond acceptors (Lipinski definition) is 8. The predicted octanol–water partition coefficient (Wildman–Crippen LogP) is 3.00. The van der Waals surface area contributed by atoms with Crippen LogP contribution in [-0.2, 0) is 11.3 Å². The number of halogens is 1. The number of hydrogen-bond donors (Lipinski definition) is 1. The summed E-state index contributed by atoms with van der Waals surface area (Å²) >= 11 is 5.84. The maximum Gasteiger partial charge on any atom is 0.311 e. The number of amides is 1. The van der Waals surface area contributed by atoms with E-state index >= 15 is 0 Å². The van der Waals surface area contributed by atoms with Crippen LogP contribution in [0.4, 0.5) is 5.69 Å². The van der Waals surface area contributed by atoms with Crippen molar-refractivity contribution in [3.8, 4) is 22.9 Å². The van der Waals surface area contributed by atoms with Gasteiger partial charge in [0.1, 0.15) is 5.75 Å². The van der Waals surface area contributed by atoms with Crippen LogP contribution in [0.2, 0.25) is 5.02 Å². The van der Waals surface area contributed by atoms with Crippen LogP contribution >= 0.6 is 11.6 Å². The first-order chi connectivity index (χ1) is 14.0. The molecule has 1 heterocycles. The summed E-state index contributed by atoms with van der Waals surface area (Å²) in [5.41, 5.74) is 0.531. The zero-order valence-electron chi connectivity index (χ0n) is 15.1. The Bertz CT molecular complexity index is 1020. The molecule has 1 amide bonds. The van der Waals surface area contributed by atoms with E-state index in [-0.39, 0.29) is 36.2 Å². The van der Waals surface area contributed by atoms with Crippen molar-refractivity contribution in [1.29, 1.82) is 0 Å². The number of nitro groups is 1. The van der Waals surface area contributed by atoms with E-state index in [1.54, 1.807) is 24.3 Å². The molecule has 0 aliphatic carbocycles. The first-order valence-electron chi connectivity index (χ1n) is 8.26. The third kappa shape index (κ3) is 5.20. The van der Waals surface area contributed by atoms with Gasteiger partial charge in [0, 0.05) is 22.7 Å². The minimum Gasteiger partial charge on any atom is -0.490 e. The third-order valence-corrected chi connectivity index (χ3v) is 3.98. The number of ether oxygens (including phenoxy) is 2. The largest absolute Gasteiger partial charge is 0.490 e. The third-order valence-electron chi connectivity index (χ3n) is 3.73. The molecular weight excluding hydrogens is 404 g/mol. The molecule has 3 rings (SSSR count). The quantitative estimate of drug-likeness (QED) is 0.436. The average Bonchev–Trinajstić information content (AvgIpc) is 3.20. The first-order valence-corrected chi connectivity index (χ1v) is 8.64. The molecule has 29 heavy (non-hydrogen) atoms. The van der Waals surface area contributed by atoms with E-state index in [0.29, 0.717) is 10.8 Å². The highest BCUT2D eigenvalue weighted by atomic mass is 35.5. The van der Waals surface area contributed by atoms with E-state index in [2.05, 4.69) is 15.5 Å². The maximum atomic E-state index is 12.0. The van der Waals surface area contributed by atoms with E-state index in [1.165, 1.54) is 25.3 Å². The topological polar surface area (TPSA) is 130 Å². The standard InChI is InChI=1S/C18H15ClN4O6/c1-27-15-8-13(6-7-14(15)23(25)26)28-10-16(24)20-9-17-21-18(22-29-17)11-2-4-12(19)5-3-11/h2-8H,9-10H2,1H3,(H,20,24). The van der Waals surface area contributed by atoms with E-state index in [9.17, 15) is 14.9 Å². The van der Waals surface area contributed by atoms with E-state index in [4.69, 9.17) is 25.6 Å². The fourth-order valence-corrected chi connectivity index (χ4v) is 2.44. The second-order valence-electron chi connectivity index (χ2n) is 5.67. The Balaban J connectivity index is 1.52. The first kappa shape index (κ1) is 20.1. The Morgan fingerprint density at radius 2 is 2.03 bits per heavy atom. The van der Waals surface area contributed by atoms with Crippen LogP contribution in [0.25, 0.3) is 11.4 Å². The highest BCUT2D eigenvalue weighted by molar-refractivity contribution is 6.30. The Labute approximate surface area is 169 Å². The number of nitrogens with zero attached hydrogens (tertiary/aromatic N) is 3. The summed E-state index contributed by atoms with van der Waals surface area (Å²) in [6, 6.07) is 10.9. The van der Waals surface area contributed by atoms with Gasteiger partial charge in [-0.1, -0.05) is 16.8 Å². The molecule has 0 bridgehead atoms. The SMILES string of the molecule is COc1cc(OCC(=O)NCc2nc(-c3ccc(Cl)cc3)no2)ccc1[N+](=O)[O-]. The molecule has 11 heteroatoms. The molecule has 0 aliphatic heterocycles. The summed E-state index contributed by atoms with van der Waals surface area (Å²) < 4.78 is 15.4. The van der Waals surface area contributed by atoms with Crippen LogP contribution in [0.15, 0.2) is 47.0 Å². The molecule has 0 fully saturated rings. The van der Waals surface area contributed by atoms with Crippen molar-refractivity contribution < 1.29 is 23.7 Å². The number of aromatic nitrogens is 2. The molecule has 150 valence electrons. The van der Waals surface area contributed by atoms with Crippen molar-refractivity contribution in [3.05, 3.63) is 63.5 Å². The summed E-state index contributed by atoms with van der Waals surface area (Å²) in [5, 5.41) is 17.9. The van der Waals surface area contributed by atoms with Gasteiger partial charge in [0.25, 0.3) is 5.91 Å². The predicted molar refractivity (Wildman–Crippen MR) is 102 cm³/mol. The summed E-state index contributed by atoms with van der Waals surface area (Å²) in [6.45, 7) is -0.286. The number of methoxy groups -OCH3 is 1. The zero-order valence-corrected chi connectivity index (χ0v) is 15.9. The van der Waals surface area contributed by atoms with Gasteiger partial charge in [0.05, 0.1) is 18.6 Å². The number of carbonyl (C=O) groups excluding carboxylic acids is 1. The molecular formula is C18H15ClN4O6. The van der Waals surface area contributed by atoms with Gasteiger partial charge in [-0.2, -0.15) is 4.98 Å². The number of carbonyl (C=O) groups is 1. The van der Waals surface area contributed by atoms with E-state index in [1.807, 2.05) is 0 Å². The van der Waals surface area contributed by atoms with Crippen molar-refractivity contribution >= 4 is 23.2 Å². The maximum absolute atomic E-state index is 12.0. The normalized spacial score (nSPS) is 10.4. The smallest absolute Gasteiger partial charge is 0.311 e. The molecule has 1 aromatic heterocycles. The lowest BCUT2D eigenvalue weighted by Gasteiger charge is -2.08. The Hall–Kier alpha value is -3.66. The molecule has 0 radical (unpaired) electrons. The van der Waals surface area contributed by atoms with Gasteiger partial charge in [0.15, 0.2) is 6.61 Å². The minimum atomic E-state index is -0.571. The van der Waals surface area contributed by atoms with Crippen molar-refractivity contribution in [2.24, 2.45) is 0 Å². The number of nitrogens with one attached hydrogen (secondary N) is 1. The summed E-state index contributed by atoms with van der Waals surface area (Å²) in [6.07, 6.45) is 0. The van der Waals surface area contributed by atoms with Crippen molar-refractivity contribution in [2.45, 2.75) is 6.54 Å². The van der Waals surface area contributed by atoms with Crippen LogP contribution in [0.1, 0.15) is 5.89 Å². The lowest BCUT2D eigenvalue weighted by Crippen LogP contribution is -2.28. The Kier molecular flexibility index (Phi) is 6.25. The highest BCUT2D eigenvalue weighted by Gasteiger charge is 2.16. The molecule has 0 spiro atoms. The molecule has 0 unspecified atom stereocenters. The van der Waals surface area contributed by atoms with Crippen LogP contribution in [0.5, 0.6) is 11.5 Å². The zero-order chi connectivity index (χ0) is 20.8. The molecule has 0 saturated carbocycles. The van der Waals surface area contributed by atoms with Crippen LogP contribution < -0.4 is 14.8 Å². The Morgan fingerprint density at radius 3 is 2.72 bits per heavy atom. The van der Waals surface area contributed by atoms with E-state index in [0.717, 1.165) is 5.56 Å². The van der Waals surface area contributed by atoms with E-state index < -0.39 is 10.8 Å². The number of benzene rings is 2. The monoisotopic (exact) mass is 418 g/mol. The van der Waals surface area contributed by atoms with Crippen LogP contribution in [0, 0.1) is 10.1 Å². The van der Waals surface area contributed by atoms with Crippen molar-refractivity contribution in [1.82, 2.24) is 15.5 Å². The molecule has 0 saturated heterocycles. The van der Waals surface area contributed by atoms with Gasteiger partial charge in [-0.3, -0.25) is 14.9 Å². The van der Waals surface area contributed by atoms with Gasteiger partial charge < -0.3 is 19.3 Å². The van der Waals surface area contributed by atoms with Crippen molar-refractivity contribution in [3.63, 3.8) is 0 Å². The number of nitro benzene ring substituents is 1. The van der Waals surface area contributed by atoms with Gasteiger partial charge >= 0.3 is 5.69 Å². The average molecular weight is 419 g/mol. The molecule has 1 N–H and O–H groups in total. The minimum absolute atomic E-state index is 0.0202. The molecule has 0 aliphatic rings. The molecule has 3 aromatic rings. The number of rotatable bonds is 8. The second kappa shape index (κ2) is 9.02. The highest BCUT2D eigenvalue weighted by Crippen LogP contribution is 2.30. The van der Waals surface area contributed by atoms with Crippen LogP contribution in [-0.4, -0.2) is 34.7 Å². The summed E-state index contributed by atoms with van der Waals surface area (Å²) in [7, 11) is 1.31. The molecule has 2 aromatic carbocycles. The van der Waals surface area contributed by atoms with Crippen molar-refractivity contribution in [2.75, 3.05) is 13.7 Å².